The van der Waals surface area contributed by atoms with E-state index in [1.165, 1.54) is 7.11 Å². The summed E-state index contributed by atoms with van der Waals surface area (Å²) in [5.41, 5.74) is 3.53. The first kappa shape index (κ1) is 17.8. The molecule has 0 saturated heterocycles. The van der Waals surface area contributed by atoms with Gasteiger partial charge in [-0.1, -0.05) is 23.7 Å². The molecule has 2 aromatic carbocycles. The Labute approximate surface area is 156 Å². The normalized spacial score (nSPS) is 12.8. The third-order valence-electron chi connectivity index (χ3n) is 4.08. The number of amides is 1. The monoisotopic (exact) mass is 375 g/mol. The standard InChI is InChI=1S/C19H18ClNO3S/c1-24-19(23)15-5-6-17-14(10-15)7-8-21(17)18(22)12-25-11-13-3-2-4-16(20)9-13/h2-6,9-10H,7-8,11-12H2,1H3. The van der Waals surface area contributed by atoms with Crippen LogP contribution < -0.4 is 4.90 Å². The van der Waals surface area contributed by atoms with E-state index >= 15 is 0 Å². The van der Waals surface area contributed by atoms with Gasteiger partial charge in [0.15, 0.2) is 0 Å². The average molecular weight is 376 g/mol. The van der Waals surface area contributed by atoms with E-state index in [9.17, 15) is 9.59 Å². The molecule has 25 heavy (non-hydrogen) atoms. The molecule has 1 aliphatic rings. The fraction of sp³-hybridized carbons (Fsp3) is 0.263. The number of ether oxygens (including phenoxy) is 1. The van der Waals surface area contributed by atoms with Crippen molar-refractivity contribution >= 4 is 40.9 Å². The molecule has 4 nitrogen and oxygen atoms in total. The molecule has 0 saturated carbocycles. The SMILES string of the molecule is COC(=O)c1ccc2c(c1)CCN2C(=O)CSCc1cccc(Cl)c1. The van der Waals surface area contributed by atoms with E-state index in [4.69, 9.17) is 16.3 Å². The van der Waals surface area contributed by atoms with Crippen molar-refractivity contribution in [3.63, 3.8) is 0 Å². The molecule has 0 radical (unpaired) electrons. The highest BCUT2D eigenvalue weighted by atomic mass is 35.5. The number of benzene rings is 2. The van der Waals surface area contributed by atoms with Crippen LogP contribution in [0.15, 0.2) is 42.5 Å². The van der Waals surface area contributed by atoms with E-state index in [1.54, 1.807) is 22.7 Å². The summed E-state index contributed by atoms with van der Waals surface area (Å²) in [5, 5.41) is 0.708. The minimum atomic E-state index is -0.357. The van der Waals surface area contributed by atoms with Gasteiger partial charge in [0.25, 0.3) is 0 Å². The van der Waals surface area contributed by atoms with E-state index in [0.29, 0.717) is 22.9 Å². The maximum atomic E-state index is 12.5. The topological polar surface area (TPSA) is 46.6 Å². The van der Waals surface area contributed by atoms with Crippen molar-refractivity contribution in [3.8, 4) is 0 Å². The molecule has 0 aromatic heterocycles. The summed E-state index contributed by atoms with van der Waals surface area (Å²) in [7, 11) is 1.36. The van der Waals surface area contributed by atoms with Gasteiger partial charge < -0.3 is 9.64 Å². The maximum absolute atomic E-state index is 12.5. The predicted octanol–water partition coefficient (Wildman–Crippen LogP) is 3.95. The minimum absolute atomic E-state index is 0.0802. The molecule has 0 spiro atoms. The lowest BCUT2D eigenvalue weighted by Gasteiger charge is -2.17. The number of esters is 1. The maximum Gasteiger partial charge on any atom is 0.337 e. The molecule has 1 heterocycles. The highest BCUT2D eigenvalue weighted by molar-refractivity contribution is 7.99. The summed E-state index contributed by atoms with van der Waals surface area (Å²) in [6.07, 6.45) is 0.755. The van der Waals surface area contributed by atoms with Crippen LogP contribution >= 0.6 is 23.4 Å². The Hall–Kier alpha value is -1.98. The van der Waals surface area contributed by atoms with Crippen LogP contribution in [0.5, 0.6) is 0 Å². The van der Waals surface area contributed by atoms with Gasteiger partial charge in [-0.05, 0) is 47.9 Å². The summed E-state index contributed by atoms with van der Waals surface area (Å²) < 4.78 is 4.74. The third-order valence-corrected chi connectivity index (χ3v) is 5.30. The molecule has 2 aromatic rings. The second kappa shape index (κ2) is 7.93. The van der Waals surface area contributed by atoms with Crippen molar-refractivity contribution in [2.24, 2.45) is 0 Å². The number of thioether (sulfide) groups is 1. The Balaban J connectivity index is 1.60. The Morgan fingerprint density at radius 1 is 1.24 bits per heavy atom. The molecule has 0 N–H and O–H groups in total. The van der Waals surface area contributed by atoms with E-state index in [1.807, 2.05) is 36.4 Å². The first-order chi connectivity index (χ1) is 12.1. The quantitative estimate of drug-likeness (QED) is 0.742. The summed E-state index contributed by atoms with van der Waals surface area (Å²) in [6, 6.07) is 13.0. The second-order valence-electron chi connectivity index (χ2n) is 5.75. The van der Waals surface area contributed by atoms with Gasteiger partial charge in [0.1, 0.15) is 0 Å². The van der Waals surface area contributed by atoms with Gasteiger partial charge in [0.2, 0.25) is 5.91 Å². The summed E-state index contributed by atoms with van der Waals surface area (Å²) in [4.78, 5) is 25.9. The zero-order valence-corrected chi connectivity index (χ0v) is 15.4. The van der Waals surface area contributed by atoms with E-state index in [2.05, 4.69) is 0 Å². The van der Waals surface area contributed by atoms with E-state index in [-0.39, 0.29) is 11.9 Å². The smallest absolute Gasteiger partial charge is 0.337 e. The minimum Gasteiger partial charge on any atom is -0.465 e. The lowest BCUT2D eigenvalue weighted by molar-refractivity contribution is -0.116. The third kappa shape index (κ3) is 4.17. The summed E-state index contributed by atoms with van der Waals surface area (Å²) in [6.45, 7) is 0.649. The van der Waals surface area contributed by atoms with Gasteiger partial charge >= 0.3 is 5.97 Å². The van der Waals surface area contributed by atoms with Crippen molar-refractivity contribution in [3.05, 3.63) is 64.2 Å². The number of hydrogen-bond acceptors (Lipinski definition) is 4. The number of carbonyl (C=O) groups is 2. The first-order valence-electron chi connectivity index (χ1n) is 7.92. The van der Waals surface area contributed by atoms with Gasteiger partial charge in [0.05, 0.1) is 18.4 Å². The second-order valence-corrected chi connectivity index (χ2v) is 7.18. The molecule has 0 atom stereocenters. The molecule has 0 aliphatic carbocycles. The fourth-order valence-corrected chi connectivity index (χ4v) is 3.93. The van der Waals surface area contributed by atoms with E-state index < -0.39 is 0 Å². The van der Waals surface area contributed by atoms with Gasteiger partial charge in [-0.2, -0.15) is 0 Å². The van der Waals surface area contributed by atoms with Gasteiger partial charge in [-0.3, -0.25) is 4.79 Å². The Morgan fingerprint density at radius 2 is 2.08 bits per heavy atom. The van der Waals surface area contributed by atoms with Crippen LogP contribution in [0.2, 0.25) is 5.02 Å². The largest absolute Gasteiger partial charge is 0.465 e. The Morgan fingerprint density at radius 3 is 2.84 bits per heavy atom. The number of methoxy groups -OCH3 is 1. The molecule has 6 heteroatoms. The van der Waals surface area contributed by atoms with Crippen LogP contribution in [0.3, 0.4) is 0 Å². The zero-order chi connectivity index (χ0) is 17.8. The summed E-state index contributed by atoms with van der Waals surface area (Å²) in [5.74, 6) is 0.875. The lowest BCUT2D eigenvalue weighted by Crippen LogP contribution is -2.30. The molecular formula is C19H18ClNO3S. The number of rotatable bonds is 5. The Kier molecular flexibility index (Phi) is 5.66. The predicted molar refractivity (Wildman–Crippen MR) is 101 cm³/mol. The number of nitrogens with zero attached hydrogens (tertiary/aromatic N) is 1. The number of anilines is 1. The van der Waals surface area contributed by atoms with Crippen LogP contribution in [0.25, 0.3) is 0 Å². The highest BCUT2D eigenvalue weighted by Gasteiger charge is 2.25. The molecule has 0 fully saturated rings. The molecule has 130 valence electrons. The van der Waals surface area contributed by atoms with Crippen LogP contribution in [0.1, 0.15) is 21.5 Å². The average Bonchev–Trinajstić information content (AvgIpc) is 3.04. The van der Waals surface area contributed by atoms with Crippen LogP contribution in [-0.4, -0.2) is 31.3 Å². The van der Waals surface area contributed by atoms with Crippen molar-refractivity contribution in [2.45, 2.75) is 12.2 Å². The van der Waals surface area contributed by atoms with Crippen molar-refractivity contribution < 1.29 is 14.3 Å². The van der Waals surface area contributed by atoms with Crippen molar-refractivity contribution in [1.82, 2.24) is 0 Å². The van der Waals surface area contributed by atoms with Gasteiger partial charge in [0, 0.05) is 23.0 Å². The molecule has 3 rings (SSSR count). The molecule has 1 amide bonds. The van der Waals surface area contributed by atoms with Crippen LogP contribution in [-0.2, 0) is 21.7 Å². The number of fused-ring (bicyclic) bond motifs is 1. The van der Waals surface area contributed by atoms with Gasteiger partial charge in [-0.25, -0.2) is 4.79 Å². The van der Waals surface area contributed by atoms with Crippen molar-refractivity contribution in [2.75, 3.05) is 24.3 Å². The molecule has 1 aliphatic heterocycles. The zero-order valence-electron chi connectivity index (χ0n) is 13.8. The molecular weight excluding hydrogens is 358 g/mol. The number of carbonyl (C=O) groups excluding carboxylic acids is 2. The van der Waals surface area contributed by atoms with Crippen molar-refractivity contribution in [1.29, 1.82) is 0 Å². The van der Waals surface area contributed by atoms with Crippen LogP contribution in [0, 0.1) is 0 Å². The summed E-state index contributed by atoms with van der Waals surface area (Å²) >= 11 is 7.55. The van der Waals surface area contributed by atoms with Crippen LogP contribution in [0.4, 0.5) is 5.69 Å². The number of hydrogen-bond donors (Lipinski definition) is 0. The molecule has 0 bridgehead atoms. The van der Waals surface area contributed by atoms with Gasteiger partial charge in [-0.15, -0.1) is 11.8 Å². The highest BCUT2D eigenvalue weighted by Crippen LogP contribution is 2.30. The number of halogens is 1. The lowest BCUT2D eigenvalue weighted by atomic mass is 10.1. The fourth-order valence-electron chi connectivity index (χ4n) is 2.87. The molecule has 0 unspecified atom stereocenters. The Bertz CT molecular complexity index is 809. The first-order valence-corrected chi connectivity index (χ1v) is 9.45. The van der Waals surface area contributed by atoms with E-state index in [0.717, 1.165) is 29.0 Å².